The summed E-state index contributed by atoms with van der Waals surface area (Å²) in [6, 6.07) is 12.2. The zero-order valence-electron chi connectivity index (χ0n) is 9.94. The van der Waals surface area contributed by atoms with Gasteiger partial charge in [-0.2, -0.15) is 0 Å². The molecule has 1 aromatic heterocycles. The molecule has 3 aromatic rings. The summed E-state index contributed by atoms with van der Waals surface area (Å²) in [5.74, 6) is -1.44. The van der Waals surface area contributed by atoms with Gasteiger partial charge in [-0.1, -0.05) is 30.3 Å². The van der Waals surface area contributed by atoms with E-state index in [4.69, 9.17) is 10.2 Å². The Kier molecular flexibility index (Phi) is 2.80. The molecule has 0 bridgehead atoms. The van der Waals surface area contributed by atoms with Gasteiger partial charge in [-0.3, -0.25) is 0 Å². The molecule has 19 heavy (non-hydrogen) atoms. The molecule has 0 fully saturated rings. The van der Waals surface area contributed by atoms with Crippen LogP contribution in [0.15, 0.2) is 52.9 Å². The molecular formula is C15H11F2NO. The number of fused-ring (bicyclic) bond motifs is 1. The average Bonchev–Trinajstić information content (AvgIpc) is 2.85. The van der Waals surface area contributed by atoms with E-state index in [2.05, 4.69) is 0 Å². The fourth-order valence-electron chi connectivity index (χ4n) is 2.07. The fourth-order valence-corrected chi connectivity index (χ4v) is 2.07. The first-order valence-corrected chi connectivity index (χ1v) is 5.85. The molecule has 1 atom stereocenters. The molecule has 1 heterocycles. The van der Waals surface area contributed by atoms with Gasteiger partial charge in [0.25, 0.3) is 0 Å². The topological polar surface area (TPSA) is 39.2 Å². The monoisotopic (exact) mass is 259 g/mol. The first kappa shape index (κ1) is 11.9. The summed E-state index contributed by atoms with van der Waals surface area (Å²) >= 11 is 0. The van der Waals surface area contributed by atoms with Crippen LogP contribution in [0.5, 0.6) is 0 Å². The molecule has 1 unspecified atom stereocenters. The summed E-state index contributed by atoms with van der Waals surface area (Å²) in [4.78, 5) is 0. The van der Waals surface area contributed by atoms with Gasteiger partial charge in [-0.15, -0.1) is 0 Å². The normalized spacial score (nSPS) is 12.8. The van der Waals surface area contributed by atoms with Crippen LogP contribution >= 0.6 is 0 Å². The Morgan fingerprint density at radius 1 is 1.00 bits per heavy atom. The standard InChI is InChI=1S/C15H11F2NO/c16-11-6-3-5-10(14(11)17)15(18)13-8-9-4-1-2-7-12(9)19-13/h1-8,15H,18H2. The molecule has 0 radical (unpaired) electrons. The predicted octanol–water partition coefficient (Wildman–Crippen LogP) is 3.76. The lowest BCUT2D eigenvalue weighted by atomic mass is 10.0. The molecule has 0 amide bonds. The molecule has 3 rings (SSSR count). The van der Waals surface area contributed by atoms with Gasteiger partial charge in [-0.25, -0.2) is 8.78 Å². The lowest BCUT2D eigenvalue weighted by Gasteiger charge is -2.10. The Balaban J connectivity index is 2.08. The summed E-state index contributed by atoms with van der Waals surface area (Å²) < 4.78 is 32.5. The van der Waals surface area contributed by atoms with E-state index in [1.165, 1.54) is 12.1 Å². The minimum absolute atomic E-state index is 0.0825. The van der Waals surface area contributed by atoms with Crippen molar-refractivity contribution in [1.29, 1.82) is 0 Å². The number of benzene rings is 2. The third kappa shape index (κ3) is 2.00. The first-order chi connectivity index (χ1) is 9.16. The Morgan fingerprint density at radius 3 is 2.58 bits per heavy atom. The molecule has 4 heteroatoms. The summed E-state index contributed by atoms with van der Waals surface area (Å²) in [5, 5.41) is 0.879. The van der Waals surface area contributed by atoms with Gasteiger partial charge in [-0.05, 0) is 18.2 Å². The zero-order chi connectivity index (χ0) is 13.4. The highest BCUT2D eigenvalue weighted by Gasteiger charge is 2.19. The van der Waals surface area contributed by atoms with Crippen molar-refractivity contribution in [3.05, 3.63) is 71.5 Å². The van der Waals surface area contributed by atoms with Gasteiger partial charge >= 0.3 is 0 Å². The number of halogens is 2. The second-order valence-electron chi connectivity index (χ2n) is 4.31. The Morgan fingerprint density at radius 2 is 1.79 bits per heavy atom. The lowest BCUT2D eigenvalue weighted by molar-refractivity contribution is 0.475. The minimum Gasteiger partial charge on any atom is -0.459 e. The van der Waals surface area contributed by atoms with Gasteiger partial charge in [0.05, 0.1) is 6.04 Å². The van der Waals surface area contributed by atoms with Crippen LogP contribution in [0.4, 0.5) is 8.78 Å². The van der Waals surface area contributed by atoms with Crippen molar-refractivity contribution < 1.29 is 13.2 Å². The van der Waals surface area contributed by atoms with Crippen LogP contribution in [0.1, 0.15) is 17.4 Å². The van der Waals surface area contributed by atoms with Gasteiger partial charge in [0.1, 0.15) is 11.3 Å². The van der Waals surface area contributed by atoms with Gasteiger partial charge in [0.15, 0.2) is 11.6 Å². The molecule has 96 valence electrons. The Labute approximate surface area is 108 Å². The average molecular weight is 259 g/mol. The molecule has 0 spiro atoms. The highest BCUT2D eigenvalue weighted by Crippen LogP contribution is 2.28. The van der Waals surface area contributed by atoms with E-state index >= 15 is 0 Å². The maximum atomic E-state index is 13.7. The number of rotatable bonds is 2. The summed E-state index contributed by atoms with van der Waals surface area (Å²) in [6.07, 6.45) is 0. The van der Waals surface area contributed by atoms with Crippen LogP contribution in [0.2, 0.25) is 0 Å². The van der Waals surface area contributed by atoms with Gasteiger partial charge in [0.2, 0.25) is 0 Å². The van der Waals surface area contributed by atoms with E-state index in [1.807, 2.05) is 18.2 Å². The van der Waals surface area contributed by atoms with Gasteiger partial charge in [0, 0.05) is 10.9 Å². The number of para-hydroxylation sites is 1. The lowest BCUT2D eigenvalue weighted by Crippen LogP contribution is -2.13. The third-order valence-electron chi connectivity index (χ3n) is 3.07. The van der Waals surface area contributed by atoms with Gasteiger partial charge < -0.3 is 10.2 Å². The van der Waals surface area contributed by atoms with Crippen molar-refractivity contribution in [3.63, 3.8) is 0 Å². The van der Waals surface area contributed by atoms with Crippen LogP contribution in [0.25, 0.3) is 11.0 Å². The summed E-state index contributed by atoms with van der Waals surface area (Å²) in [7, 11) is 0. The van der Waals surface area contributed by atoms with Crippen molar-refractivity contribution in [3.8, 4) is 0 Å². The fraction of sp³-hybridized carbons (Fsp3) is 0.0667. The van der Waals surface area contributed by atoms with Crippen LogP contribution in [-0.4, -0.2) is 0 Å². The van der Waals surface area contributed by atoms with Crippen LogP contribution in [0, 0.1) is 11.6 Å². The molecule has 0 saturated carbocycles. The molecule has 2 N–H and O–H groups in total. The highest BCUT2D eigenvalue weighted by atomic mass is 19.2. The zero-order valence-corrected chi connectivity index (χ0v) is 9.94. The SMILES string of the molecule is NC(c1cc2ccccc2o1)c1cccc(F)c1F. The number of furan rings is 1. The van der Waals surface area contributed by atoms with Crippen molar-refractivity contribution >= 4 is 11.0 Å². The molecular weight excluding hydrogens is 248 g/mol. The summed E-state index contributed by atoms with van der Waals surface area (Å²) in [5.41, 5.74) is 6.70. The van der Waals surface area contributed by atoms with Crippen LogP contribution in [-0.2, 0) is 0 Å². The molecule has 0 aliphatic heterocycles. The summed E-state index contributed by atoms with van der Waals surface area (Å²) in [6.45, 7) is 0. The van der Waals surface area contributed by atoms with E-state index in [1.54, 1.807) is 12.1 Å². The maximum absolute atomic E-state index is 13.7. The predicted molar refractivity (Wildman–Crippen MR) is 68.6 cm³/mol. The maximum Gasteiger partial charge on any atom is 0.164 e. The van der Waals surface area contributed by atoms with Crippen LogP contribution in [0.3, 0.4) is 0 Å². The van der Waals surface area contributed by atoms with Crippen molar-refractivity contribution in [1.82, 2.24) is 0 Å². The highest BCUT2D eigenvalue weighted by molar-refractivity contribution is 5.77. The number of hydrogen-bond donors (Lipinski definition) is 1. The first-order valence-electron chi connectivity index (χ1n) is 5.85. The van der Waals surface area contributed by atoms with Crippen molar-refractivity contribution in [2.45, 2.75) is 6.04 Å². The largest absolute Gasteiger partial charge is 0.459 e. The quantitative estimate of drug-likeness (QED) is 0.761. The minimum atomic E-state index is -0.935. The number of hydrogen-bond acceptors (Lipinski definition) is 2. The van der Waals surface area contributed by atoms with Crippen LogP contribution < -0.4 is 5.73 Å². The van der Waals surface area contributed by atoms with E-state index in [0.717, 1.165) is 11.5 Å². The van der Waals surface area contributed by atoms with Crippen molar-refractivity contribution in [2.24, 2.45) is 5.73 Å². The van der Waals surface area contributed by atoms with Crippen molar-refractivity contribution in [2.75, 3.05) is 0 Å². The van der Waals surface area contributed by atoms with E-state index in [-0.39, 0.29) is 5.56 Å². The van der Waals surface area contributed by atoms with E-state index in [9.17, 15) is 8.78 Å². The third-order valence-corrected chi connectivity index (χ3v) is 3.07. The number of nitrogens with two attached hydrogens (primary N) is 1. The molecule has 0 saturated heterocycles. The molecule has 0 aliphatic rings. The Hall–Kier alpha value is -2.20. The molecule has 2 nitrogen and oxygen atoms in total. The van der Waals surface area contributed by atoms with E-state index < -0.39 is 17.7 Å². The van der Waals surface area contributed by atoms with E-state index in [0.29, 0.717) is 11.3 Å². The molecule has 2 aromatic carbocycles. The second-order valence-corrected chi connectivity index (χ2v) is 4.31. The molecule has 0 aliphatic carbocycles. The second kappa shape index (κ2) is 4.48. The Bertz CT molecular complexity index is 703. The smallest absolute Gasteiger partial charge is 0.164 e.